The first kappa shape index (κ1) is 19.1. The van der Waals surface area contributed by atoms with Crippen molar-refractivity contribution >= 4 is 11.9 Å². The molecule has 1 aliphatic heterocycles. The molecule has 1 fully saturated rings. The molecule has 1 N–H and O–H groups in total. The van der Waals surface area contributed by atoms with Gasteiger partial charge in [-0.3, -0.25) is 0 Å². The molecular weight excluding hydrogens is 363 g/mol. The van der Waals surface area contributed by atoms with Crippen LogP contribution in [0.1, 0.15) is 33.7 Å². The first-order valence-electron chi connectivity index (χ1n) is 8.34. The molecule has 3 rings (SSSR count). The fourth-order valence-electron chi connectivity index (χ4n) is 2.98. The molecule has 6 nitrogen and oxygen atoms in total. The number of halogens is 3. The number of benzene rings is 1. The lowest BCUT2D eigenvalue weighted by Crippen LogP contribution is -2.25. The SMILES string of the molecule is Cc1cc(C(=O)O)nc(N2CCC(OCc3ccccc3C(F)(F)F)C2)n1. The fraction of sp³-hybridized carbons (Fsp3) is 0.389. The Balaban J connectivity index is 1.66. The van der Waals surface area contributed by atoms with E-state index in [4.69, 9.17) is 9.84 Å². The van der Waals surface area contributed by atoms with Crippen LogP contribution in [0, 0.1) is 6.92 Å². The highest BCUT2D eigenvalue weighted by Crippen LogP contribution is 2.32. The van der Waals surface area contributed by atoms with E-state index in [1.165, 1.54) is 18.2 Å². The number of nitrogens with zero attached hydrogens (tertiary/aromatic N) is 3. The van der Waals surface area contributed by atoms with Crippen molar-refractivity contribution in [3.05, 3.63) is 52.8 Å². The van der Waals surface area contributed by atoms with E-state index in [1.807, 2.05) is 0 Å². The van der Waals surface area contributed by atoms with Gasteiger partial charge >= 0.3 is 12.1 Å². The van der Waals surface area contributed by atoms with Crippen molar-refractivity contribution in [2.24, 2.45) is 0 Å². The van der Waals surface area contributed by atoms with Gasteiger partial charge in [-0.25, -0.2) is 14.8 Å². The maximum Gasteiger partial charge on any atom is 0.416 e. The van der Waals surface area contributed by atoms with Gasteiger partial charge in [0.1, 0.15) is 0 Å². The number of carboxylic acids is 1. The smallest absolute Gasteiger partial charge is 0.416 e. The number of aromatic carboxylic acids is 1. The fourth-order valence-corrected chi connectivity index (χ4v) is 2.98. The number of aryl methyl sites for hydroxylation is 1. The summed E-state index contributed by atoms with van der Waals surface area (Å²) < 4.78 is 44.8. The van der Waals surface area contributed by atoms with E-state index in [9.17, 15) is 18.0 Å². The summed E-state index contributed by atoms with van der Waals surface area (Å²) in [7, 11) is 0. The molecule has 2 aromatic rings. The highest BCUT2D eigenvalue weighted by Gasteiger charge is 2.33. The van der Waals surface area contributed by atoms with Gasteiger partial charge in [0.2, 0.25) is 5.95 Å². The summed E-state index contributed by atoms with van der Waals surface area (Å²) in [5.41, 5.74) is -0.182. The minimum Gasteiger partial charge on any atom is -0.477 e. The number of rotatable bonds is 5. The van der Waals surface area contributed by atoms with Gasteiger partial charge in [0.05, 0.1) is 18.3 Å². The van der Waals surface area contributed by atoms with Gasteiger partial charge in [-0.05, 0) is 31.0 Å². The van der Waals surface area contributed by atoms with Crippen molar-refractivity contribution in [3.8, 4) is 0 Å². The summed E-state index contributed by atoms with van der Waals surface area (Å²) in [6.45, 7) is 2.45. The number of anilines is 1. The number of hydrogen-bond donors (Lipinski definition) is 1. The van der Waals surface area contributed by atoms with E-state index in [2.05, 4.69) is 9.97 Å². The van der Waals surface area contributed by atoms with E-state index in [0.29, 0.717) is 25.2 Å². The highest BCUT2D eigenvalue weighted by molar-refractivity contribution is 5.85. The molecule has 1 saturated heterocycles. The third kappa shape index (κ3) is 4.54. The average molecular weight is 381 g/mol. The van der Waals surface area contributed by atoms with E-state index >= 15 is 0 Å². The molecule has 0 saturated carbocycles. The van der Waals surface area contributed by atoms with Crippen LogP contribution >= 0.6 is 0 Å². The number of aromatic nitrogens is 2. The molecule has 0 bridgehead atoms. The molecule has 1 aromatic carbocycles. The topological polar surface area (TPSA) is 75.5 Å². The summed E-state index contributed by atoms with van der Waals surface area (Å²) in [6.07, 6.45) is -4.12. The summed E-state index contributed by atoms with van der Waals surface area (Å²) >= 11 is 0. The second-order valence-corrected chi connectivity index (χ2v) is 6.32. The van der Waals surface area contributed by atoms with Gasteiger partial charge < -0.3 is 14.7 Å². The first-order chi connectivity index (χ1) is 12.7. The van der Waals surface area contributed by atoms with Gasteiger partial charge in [-0.1, -0.05) is 18.2 Å². The Morgan fingerprint density at radius 2 is 2.07 bits per heavy atom. The van der Waals surface area contributed by atoms with Crippen LogP contribution in [-0.2, 0) is 17.5 Å². The molecule has 144 valence electrons. The Morgan fingerprint density at radius 1 is 1.33 bits per heavy atom. The predicted octanol–water partition coefficient (Wildman–Crippen LogP) is 3.30. The zero-order valence-electron chi connectivity index (χ0n) is 14.5. The maximum absolute atomic E-state index is 13.0. The van der Waals surface area contributed by atoms with E-state index in [1.54, 1.807) is 17.9 Å². The van der Waals surface area contributed by atoms with Gasteiger partial charge in [0.15, 0.2) is 5.69 Å². The van der Waals surface area contributed by atoms with Crippen LogP contribution in [0.4, 0.5) is 19.1 Å². The van der Waals surface area contributed by atoms with Crippen LogP contribution in [0.2, 0.25) is 0 Å². The lowest BCUT2D eigenvalue weighted by Gasteiger charge is -2.18. The van der Waals surface area contributed by atoms with Crippen molar-refractivity contribution in [1.29, 1.82) is 0 Å². The van der Waals surface area contributed by atoms with Crippen molar-refractivity contribution in [1.82, 2.24) is 9.97 Å². The maximum atomic E-state index is 13.0. The van der Waals surface area contributed by atoms with Crippen molar-refractivity contribution in [2.75, 3.05) is 18.0 Å². The molecule has 1 unspecified atom stereocenters. The van der Waals surface area contributed by atoms with Gasteiger partial charge in [0.25, 0.3) is 0 Å². The average Bonchev–Trinajstić information content (AvgIpc) is 3.08. The standard InChI is InChI=1S/C18H18F3N3O3/c1-11-8-15(16(25)26)23-17(22-11)24-7-6-13(9-24)27-10-12-4-2-3-5-14(12)18(19,20)21/h2-5,8,13H,6-7,9-10H2,1H3,(H,25,26). The van der Waals surface area contributed by atoms with Crippen LogP contribution in [0.15, 0.2) is 30.3 Å². The molecular formula is C18H18F3N3O3. The van der Waals surface area contributed by atoms with Crippen LogP contribution in [0.3, 0.4) is 0 Å². The van der Waals surface area contributed by atoms with E-state index in [0.717, 1.165) is 6.07 Å². The van der Waals surface area contributed by atoms with Crippen molar-refractivity contribution < 1.29 is 27.8 Å². The minimum atomic E-state index is -4.43. The molecule has 0 radical (unpaired) electrons. The molecule has 1 aromatic heterocycles. The quantitative estimate of drug-likeness (QED) is 0.857. The van der Waals surface area contributed by atoms with Crippen LogP contribution in [-0.4, -0.2) is 40.2 Å². The lowest BCUT2D eigenvalue weighted by atomic mass is 10.1. The minimum absolute atomic E-state index is 0.0865. The Hall–Kier alpha value is -2.68. The largest absolute Gasteiger partial charge is 0.477 e. The Kier molecular flexibility index (Phi) is 5.31. The van der Waals surface area contributed by atoms with E-state index in [-0.39, 0.29) is 29.9 Å². The zero-order chi connectivity index (χ0) is 19.6. The lowest BCUT2D eigenvalue weighted by molar-refractivity contribution is -0.139. The number of hydrogen-bond acceptors (Lipinski definition) is 5. The molecule has 27 heavy (non-hydrogen) atoms. The Morgan fingerprint density at radius 3 is 2.78 bits per heavy atom. The third-order valence-corrected chi connectivity index (χ3v) is 4.29. The molecule has 0 spiro atoms. The highest BCUT2D eigenvalue weighted by atomic mass is 19.4. The van der Waals surface area contributed by atoms with Crippen LogP contribution < -0.4 is 4.90 Å². The predicted molar refractivity (Wildman–Crippen MR) is 90.6 cm³/mol. The monoisotopic (exact) mass is 381 g/mol. The molecule has 0 amide bonds. The second kappa shape index (κ2) is 7.51. The van der Waals surface area contributed by atoms with Crippen LogP contribution in [0.5, 0.6) is 0 Å². The zero-order valence-corrected chi connectivity index (χ0v) is 14.5. The number of alkyl halides is 3. The summed E-state index contributed by atoms with van der Waals surface area (Å²) in [4.78, 5) is 21.2. The summed E-state index contributed by atoms with van der Waals surface area (Å²) in [6, 6.07) is 6.71. The third-order valence-electron chi connectivity index (χ3n) is 4.29. The number of ether oxygens (including phenoxy) is 1. The molecule has 0 aliphatic carbocycles. The van der Waals surface area contributed by atoms with Crippen LogP contribution in [0.25, 0.3) is 0 Å². The van der Waals surface area contributed by atoms with Crippen molar-refractivity contribution in [2.45, 2.75) is 32.2 Å². The molecule has 2 heterocycles. The van der Waals surface area contributed by atoms with Crippen molar-refractivity contribution in [3.63, 3.8) is 0 Å². The summed E-state index contributed by atoms with van der Waals surface area (Å²) in [5, 5.41) is 9.11. The summed E-state index contributed by atoms with van der Waals surface area (Å²) in [5.74, 6) is -0.855. The number of carboxylic acid groups (broad SMARTS) is 1. The normalized spacial score (nSPS) is 17.3. The Bertz CT molecular complexity index is 842. The Labute approximate surface area is 153 Å². The van der Waals surface area contributed by atoms with E-state index < -0.39 is 17.7 Å². The molecule has 1 atom stereocenters. The van der Waals surface area contributed by atoms with Gasteiger partial charge in [0, 0.05) is 18.8 Å². The first-order valence-corrected chi connectivity index (χ1v) is 8.34. The number of carbonyl (C=O) groups is 1. The van der Waals surface area contributed by atoms with Gasteiger partial charge in [-0.2, -0.15) is 13.2 Å². The van der Waals surface area contributed by atoms with Gasteiger partial charge in [-0.15, -0.1) is 0 Å². The molecule has 1 aliphatic rings. The molecule has 9 heteroatoms. The second-order valence-electron chi connectivity index (χ2n) is 6.32.